The Balaban J connectivity index is 1.99. The van der Waals surface area contributed by atoms with E-state index in [9.17, 15) is 0 Å². The number of nitrogens with one attached hydrogen (secondary N) is 1. The summed E-state index contributed by atoms with van der Waals surface area (Å²) in [5.74, 6) is 1.97. The minimum atomic E-state index is 0.292. The fraction of sp³-hybridized carbons (Fsp3) is 0.273. The van der Waals surface area contributed by atoms with Crippen molar-refractivity contribution in [2.75, 3.05) is 12.8 Å². The van der Waals surface area contributed by atoms with Crippen molar-refractivity contribution >= 4 is 5.95 Å². The van der Waals surface area contributed by atoms with Crippen molar-refractivity contribution in [1.82, 2.24) is 15.2 Å². The van der Waals surface area contributed by atoms with Gasteiger partial charge in [-0.05, 0) is 24.1 Å². The van der Waals surface area contributed by atoms with Gasteiger partial charge in [0.2, 0.25) is 5.95 Å². The Morgan fingerprint density at radius 3 is 2.94 bits per heavy atom. The van der Waals surface area contributed by atoms with Gasteiger partial charge in [0.25, 0.3) is 0 Å². The van der Waals surface area contributed by atoms with Gasteiger partial charge in [0, 0.05) is 6.42 Å². The number of ether oxygens (including phenoxy) is 1. The van der Waals surface area contributed by atoms with Crippen LogP contribution in [0.3, 0.4) is 0 Å². The summed E-state index contributed by atoms with van der Waals surface area (Å²) >= 11 is 0. The first-order chi connectivity index (χ1) is 7.78. The van der Waals surface area contributed by atoms with E-state index < -0.39 is 0 Å². The molecule has 0 fully saturated rings. The van der Waals surface area contributed by atoms with Gasteiger partial charge in [-0.15, -0.1) is 5.10 Å². The number of aryl methyl sites for hydroxylation is 2. The summed E-state index contributed by atoms with van der Waals surface area (Å²) < 4.78 is 5.16. The maximum Gasteiger partial charge on any atom is 0.239 e. The number of anilines is 1. The van der Waals surface area contributed by atoms with Gasteiger partial charge in [-0.25, -0.2) is 0 Å². The molecule has 0 saturated heterocycles. The zero-order chi connectivity index (χ0) is 11.4. The van der Waals surface area contributed by atoms with Crippen LogP contribution in [0.2, 0.25) is 0 Å². The Morgan fingerprint density at radius 2 is 2.25 bits per heavy atom. The molecule has 5 heteroatoms. The molecule has 84 valence electrons. The molecule has 0 saturated carbocycles. The lowest BCUT2D eigenvalue weighted by Crippen LogP contribution is -1.94. The molecule has 2 rings (SSSR count). The van der Waals surface area contributed by atoms with Crippen LogP contribution in [0.1, 0.15) is 11.4 Å². The van der Waals surface area contributed by atoms with Crippen LogP contribution >= 0.6 is 0 Å². The highest BCUT2D eigenvalue weighted by Gasteiger charge is 2.01. The van der Waals surface area contributed by atoms with Crippen molar-refractivity contribution in [1.29, 1.82) is 0 Å². The third-order valence-electron chi connectivity index (χ3n) is 2.33. The number of aromatic amines is 1. The first kappa shape index (κ1) is 10.5. The van der Waals surface area contributed by atoms with Crippen molar-refractivity contribution in [3.05, 3.63) is 35.7 Å². The largest absolute Gasteiger partial charge is 0.497 e. The van der Waals surface area contributed by atoms with Crippen LogP contribution in [-0.4, -0.2) is 22.3 Å². The van der Waals surface area contributed by atoms with Gasteiger partial charge in [-0.2, -0.15) is 4.98 Å². The topological polar surface area (TPSA) is 76.8 Å². The van der Waals surface area contributed by atoms with Gasteiger partial charge in [0.1, 0.15) is 11.6 Å². The minimum Gasteiger partial charge on any atom is -0.497 e. The number of H-pyrrole nitrogens is 1. The van der Waals surface area contributed by atoms with Crippen LogP contribution in [-0.2, 0) is 12.8 Å². The minimum absolute atomic E-state index is 0.292. The molecule has 0 radical (unpaired) electrons. The molecule has 0 unspecified atom stereocenters. The third kappa shape index (κ3) is 2.50. The van der Waals surface area contributed by atoms with Gasteiger partial charge in [-0.3, -0.25) is 5.10 Å². The summed E-state index contributed by atoms with van der Waals surface area (Å²) in [6, 6.07) is 7.97. The van der Waals surface area contributed by atoms with E-state index in [2.05, 4.69) is 21.2 Å². The van der Waals surface area contributed by atoms with E-state index in [1.807, 2.05) is 18.2 Å². The summed E-state index contributed by atoms with van der Waals surface area (Å²) in [5.41, 5.74) is 6.62. The van der Waals surface area contributed by atoms with Crippen LogP contribution < -0.4 is 10.5 Å². The van der Waals surface area contributed by atoms with Crippen LogP contribution in [0.5, 0.6) is 5.75 Å². The Bertz CT molecular complexity index is 467. The molecule has 16 heavy (non-hydrogen) atoms. The van der Waals surface area contributed by atoms with Crippen LogP contribution in [0.25, 0.3) is 0 Å². The van der Waals surface area contributed by atoms with Crippen molar-refractivity contribution in [3.63, 3.8) is 0 Å². The summed E-state index contributed by atoms with van der Waals surface area (Å²) in [4.78, 5) is 4.05. The number of methoxy groups -OCH3 is 1. The molecule has 0 aliphatic rings. The predicted octanol–water partition coefficient (Wildman–Crippen LogP) is 1.18. The molecular formula is C11H14N4O. The number of rotatable bonds is 4. The maximum atomic E-state index is 5.42. The average molecular weight is 218 g/mol. The zero-order valence-corrected chi connectivity index (χ0v) is 9.10. The number of nitrogen functional groups attached to an aromatic ring is 1. The summed E-state index contributed by atoms with van der Waals surface area (Å²) in [6.45, 7) is 0. The molecule has 1 heterocycles. The van der Waals surface area contributed by atoms with Crippen LogP contribution in [0.4, 0.5) is 5.95 Å². The molecular weight excluding hydrogens is 204 g/mol. The number of hydrogen-bond acceptors (Lipinski definition) is 4. The first-order valence-electron chi connectivity index (χ1n) is 5.07. The molecule has 0 bridgehead atoms. The highest BCUT2D eigenvalue weighted by molar-refractivity contribution is 5.28. The van der Waals surface area contributed by atoms with E-state index in [1.54, 1.807) is 7.11 Å². The van der Waals surface area contributed by atoms with Gasteiger partial charge in [-0.1, -0.05) is 12.1 Å². The third-order valence-corrected chi connectivity index (χ3v) is 2.33. The Kier molecular flexibility index (Phi) is 3.05. The molecule has 0 spiro atoms. The smallest absolute Gasteiger partial charge is 0.239 e. The molecule has 1 aromatic carbocycles. The maximum absolute atomic E-state index is 5.42. The second-order valence-corrected chi connectivity index (χ2v) is 3.49. The summed E-state index contributed by atoms with van der Waals surface area (Å²) in [7, 11) is 1.66. The molecule has 1 aromatic heterocycles. The molecule has 0 aliphatic heterocycles. The van der Waals surface area contributed by atoms with Gasteiger partial charge in [0.05, 0.1) is 7.11 Å². The molecule has 3 N–H and O–H groups in total. The fourth-order valence-corrected chi connectivity index (χ4v) is 1.51. The number of aromatic nitrogens is 3. The van der Waals surface area contributed by atoms with E-state index in [-0.39, 0.29) is 0 Å². The Labute approximate surface area is 93.7 Å². The lowest BCUT2D eigenvalue weighted by Gasteiger charge is -2.02. The standard InChI is InChI=1S/C11H14N4O/c1-16-9-4-2-3-8(7-9)5-6-10-13-11(12)15-14-10/h2-4,7H,5-6H2,1H3,(H3,12,13,14,15). The van der Waals surface area contributed by atoms with Crippen LogP contribution in [0, 0.1) is 0 Å². The van der Waals surface area contributed by atoms with E-state index >= 15 is 0 Å². The first-order valence-corrected chi connectivity index (χ1v) is 5.07. The normalized spacial score (nSPS) is 10.3. The van der Waals surface area contributed by atoms with Crippen LogP contribution in [0.15, 0.2) is 24.3 Å². The second kappa shape index (κ2) is 4.65. The van der Waals surface area contributed by atoms with Gasteiger partial charge >= 0.3 is 0 Å². The molecule has 5 nitrogen and oxygen atoms in total. The van der Waals surface area contributed by atoms with E-state index in [4.69, 9.17) is 10.5 Å². The van der Waals surface area contributed by atoms with E-state index in [0.717, 1.165) is 24.4 Å². The lowest BCUT2D eigenvalue weighted by molar-refractivity contribution is 0.414. The van der Waals surface area contributed by atoms with E-state index in [1.165, 1.54) is 5.56 Å². The fourth-order valence-electron chi connectivity index (χ4n) is 1.51. The Morgan fingerprint density at radius 1 is 1.38 bits per heavy atom. The van der Waals surface area contributed by atoms with Crippen molar-refractivity contribution in [3.8, 4) is 5.75 Å². The molecule has 0 amide bonds. The highest BCUT2D eigenvalue weighted by atomic mass is 16.5. The van der Waals surface area contributed by atoms with Crippen molar-refractivity contribution < 1.29 is 4.74 Å². The number of nitrogens with two attached hydrogens (primary N) is 1. The Hall–Kier alpha value is -2.04. The van der Waals surface area contributed by atoms with Crippen molar-refractivity contribution in [2.45, 2.75) is 12.8 Å². The molecule has 0 aliphatic carbocycles. The quantitative estimate of drug-likeness (QED) is 0.807. The number of nitrogens with zero attached hydrogens (tertiary/aromatic N) is 2. The summed E-state index contributed by atoms with van der Waals surface area (Å²) in [6.07, 6.45) is 1.67. The summed E-state index contributed by atoms with van der Waals surface area (Å²) in [5, 5.41) is 6.57. The average Bonchev–Trinajstić information content (AvgIpc) is 2.73. The SMILES string of the molecule is COc1cccc(CCc2nc(N)n[nH]2)c1. The second-order valence-electron chi connectivity index (χ2n) is 3.49. The van der Waals surface area contributed by atoms with Gasteiger partial charge in [0.15, 0.2) is 0 Å². The molecule has 2 aromatic rings. The number of benzene rings is 1. The predicted molar refractivity (Wildman–Crippen MR) is 61.2 cm³/mol. The van der Waals surface area contributed by atoms with Gasteiger partial charge < -0.3 is 10.5 Å². The van der Waals surface area contributed by atoms with Crippen molar-refractivity contribution in [2.24, 2.45) is 0 Å². The highest BCUT2D eigenvalue weighted by Crippen LogP contribution is 2.13. The van der Waals surface area contributed by atoms with E-state index in [0.29, 0.717) is 5.95 Å². The monoisotopic (exact) mass is 218 g/mol. The zero-order valence-electron chi connectivity index (χ0n) is 9.10. The molecule has 0 atom stereocenters. The number of hydrogen-bond donors (Lipinski definition) is 2. The lowest BCUT2D eigenvalue weighted by atomic mass is 10.1.